The molecular weight excluding hydrogens is 412 g/mol. The Kier molecular flexibility index (Phi) is 12.6. The Balaban J connectivity index is 1.34. The highest BCUT2D eigenvalue weighted by atomic mass is 16.5. The number of unbranched alkanes of at least 4 members (excludes halogenated alkanes) is 9. The molecule has 1 saturated carbocycles. The highest BCUT2D eigenvalue weighted by molar-refractivity contribution is 5.64. The minimum Gasteiger partial charge on any atom is -0.494 e. The van der Waals surface area contributed by atoms with E-state index in [-0.39, 0.29) is 0 Å². The minimum atomic E-state index is 0.767. The lowest BCUT2D eigenvalue weighted by Crippen LogP contribution is -2.13. The molecule has 3 rings (SSSR count). The van der Waals surface area contributed by atoms with Gasteiger partial charge in [0.15, 0.2) is 0 Å². The number of ether oxygens (including phenoxy) is 1. The summed E-state index contributed by atoms with van der Waals surface area (Å²) >= 11 is 0. The van der Waals surface area contributed by atoms with Crippen molar-refractivity contribution in [3.63, 3.8) is 0 Å². The summed E-state index contributed by atoms with van der Waals surface area (Å²) in [5.74, 6) is 2.75. The first-order valence-corrected chi connectivity index (χ1v) is 14.6. The molecule has 1 fully saturated rings. The number of hydrogen-bond donors (Lipinski definition) is 0. The fourth-order valence-electron chi connectivity index (χ4n) is 5.57. The van der Waals surface area contributed by atoms with Crippen molar-refractivity contribution in [3.05, 3.63) is 54.1 Å². The SMILES string of the molecule is CCCCCCCCCCCOc1ccc(-c2ccc(C3CCC(CCCC)CC3)cc2)cc1. The maximum absolute atomic E-state index is 5.99. The summed E-state index contributed by atoms with van der Waals surface area (Å²) in [6, 6.07) is 18.1. The molecule has 0 N–H and O–H groups in total. The molecule has 0 aliphatic heterocycles. The lowest BCUT2D eigenvalue weighted by molar-refractivity contribution is 0.304. The molecule has 0 spiro atoms. The van der Waals surface area contributed by atoms with Gasteiger partial charge in [0.2, 0.25) is 0 Å². The number of benzene rings is 2. The van der Waals surface area contributed by atoms with E-state index in [0.29, 0.717) is 0 Å². The maximum atomic E-state index is 5.99. The number of hydrogen-bond acceptors (Lipinski definition) is 1. The fraction of sp³-hybridized carbons (Fsp3) is 0.636. The van der Waals surface area contributed by atoms with Gasteiger partial charge in [0.1, 0.15) is 5.75 Å². The molecule has 2 aromatic rings. The van der Waals surface area contributed by atoms with Crippen LogP contribution in [0.1, 0.15) is 128 Å². The van der Waals surface area contributed by atoms with Crippen molar-refractivity contribution >= 4 is 0 Å². The van der Waals surface area contributed by atoms with Gasteiger partial charge in [-0.15, -0.1) is 0 Å². The van der Waals surface area contributed by atoms with Crippen LogP contribution in [0.15, 0.2) is 48.5 Å². The first kappa shape index (κ1) is 26.8. The Morgan fingerprint density at radius 2 is 1.12 bits per heavy atom. The van der Waals surface area contributed by atoms with E-state index in [9.17, 15) is 0 Å². The fourth-order valence-corrected chi connectivity index (χ4v) is 5.57. The highest BCUT2D eigenvalue weighted by Crippen LogP contribution is 2.38. The zero-order chi connectivity index (χ0) is 23.8. The van der Waals surface area contributed by atoms with Gasteiger partial charge in [-0.2, -0.15) is 0 Å². The van der Waals surface area contributed by atoms with E-state index in [0.717, 1.165) is 24.2 Å². The molecule has 34 heavy (non-hydrogen) atoms. The smallest absolute Gasteiger partial charge is 0.119 e. The van der Waals surface area contributed by atoms with E-state index in [4.69, 9.17) is 4.74 Å². The zero-order valence-corrected chi connectivity index (χ0v) is 22.2. The van der Waals surface area contributed by atoms with E-state index in [1.807, 2.05) is 0 Å². The Morgan fingerprint density at radius 3 is 1.71 bits per heavy atom. The van der Waals surface area contributed by atoms with Crippen molar-refractivity contribution in [1.29, 1.82) is 0 Å². The summed E-state index contributed by atoms with van der Waals surface area (Å²) in [5.41, 5.74) is 4.13. The first-order chi connectivity index (χ1) is 16.8. The van der Waals surface area contributed by atoms with Crippen LogP contribution in [0.3, 0.4) is 0 Å². The van der Waals surface area contributed by atoms with Gasteiger partial charge in [0.25, 0.3) is 0 Å². The van der Waals surface area contributed by atoms with Crippen LogP contribution in [-0.2, 0) is 0 Å². The third-order valence-electron chi connectivity index (χ3n) is 7.90. The van der Waals surface area contributed by atoms with Crippen molar-refractivity contribution < 1.29 is 4.74 Å². The van der Waals surface area contributed by atoms with Crippen LogP contribution >= 0.6 is 0 Å². The van der Waals surface area contributed by atoms with Gasteiger partial charge in [-0.25, -0.2) is 0 Å². The summed E-state index contributed by atoms with van der Waals surface area (Å²) in [6.45, 7) is 5.43. The molecule has 1 aliphatic carbocycles. The monoisotopic (exact) mass is 462 g/mol. The number of rotatable bonds is 16. The van der Waals surface area contributed by atoms with Crippen molar-refractivity contribution in [2.24, 2.45) is 5.92 Å². The quantitative estimate of drug-likeness (QED) is 0.225. The summed E-state index contributed by atoms with van der Waals surface area (Å²) in [7, 11) is 0. The Hall–Kier alpha value is -1.76. The Morgan fingerprint density at radius 1 is 0.588 bits per heavy atom. The van der Waals surface area contributed by atoms with E-state index in [1.165, 1.54) is 114 Å². The molecule has 0 unspecified atom stereocenters. The molecular formula is C33H50O. The molecule has 1 aliphatic rings. The molecule has 1 heteroatoms. The predicted molar refractivity (Wildman–Crippen MR) is 149 cm³/mol. The summed E-state index contributed by atoms with van der Waals surface area (Å²) < 4.78 is 5.99. The van der Waals surface area contributed by atoms with E-state index in [1.54, 1.807) is 5.56 Å². The first-order valence-electron chi connectivity index (χ1n) is 14.6. The van der Waals surface area contributed by atoms with E-state index < -0.39 is 0 Å². The molecule has 0 bridgehead atoms. The maximum Gasteiger partial charge on any atom is 0.119 e. The molecule has 188 valence electrons. The van der Waals surface area contributed by atoms with Gasteiger partial charge in [-0.3, -0.25) is 0 Å². The second-order valence-electron chi connectivity index (χ2n) is 10.7. The minimum absolute atomic E-state index is 0.767. The van der Waals surface area contributed by atoms with Gasteiger partial charge < -0.3 is 4.74 Å². The predicted octanol–water partition coefficient (Wildman–Crippen LogP) is 10.7. The topological polar surface area (TPSA) is 9.23 Å². The lowest BCUT2D eigenvalue weighted by Gasteiger charge is -2.29. The van der Waals surface area contributed by atoms with Crippen LogP contribution in [0.2, 0.25) is 0 Å². The van der Waals surface area contributed by atoms with Crippen LogP contribution in [-0.4, -0.2) is 6.61 Å². The molecule has 0 heterocycles. The molecule has 0 amide bonds. The summed E-state index contributed by atoms with van der Waals surface area (Å²) in [5, 5.41) is 0. The zero-order valence-electron chi connectivity index (χ0n) is 22.2. The molecule has 0 saturated heterocycles. The third-order valence-corrected chi connectivity index (χ3v) is 7.90. The van der Waals surface area contributed by atoms with E-state index in [2.05, 4.69) is 62.4 Å². The Bertz CT molecular complexity index is 752. The van der Waals surface area contributed by atoms with Crippen molar-refractivity contribution in [1.82, 2.24) is 0 Å². The average molecular weight is 463 g/mol. The van der Waals surface area contributed by atoms with Gasteiger partial charge in [0.05, 0.1) is 6.61 Å². The normalized spacial score (nSPS) is 18.2. The third kappa shape index (κ3) is 9.47. The molecule has 2 aromatic carbocycles. The van der Waals surface area contributed by atoms with Crippen LogP contribution in [0.5, 0.6) is 5.75 Å². The molecule has 1 nitrogen and oxygen atoms in total. The molecule has 0 aromatic heterocycles. The van der Waals surface area contributed by atoms with Gasteiger partial charge in [-0.05, 0) is 72.8 Å². The van der Waals surface area contributed by atoms with Crippen molar-refractivity contribution in [3.8, 4) is 16.9 Å². The molecule has 0 atom stereocenters. The van der Waals surface area contributed by atoms with Crippen LogP contribution < -0.4 is 4.74 Å². The average Bonchev–Trinajstić information content (AvgIpc) is 2.89. The van der Waals surface area contributed by atoms with E-state index >= 15 is 0 Å². The van der Waals surface area contributed by atoms with Crippen LogP contribution in [0.4, 0.5) is 0 Å². The second kappa shape index (κ2) is 16.0. The largest absolute Gasteiger partial charge is 0.494 e. The van der Waals surface area contributed by atoms with Crippen molar-refractivity contribution in [2.45, 2.75) is 122 Å². The van der Waals surface area contributed by atoms with Gasteiger partial charge >= 0.3 is 0 Å². The lowest BCUT2D eigenvalue weighted by atomic mass is 9.77. The van der Waals surface area contributed by atoms with Gasteiger partial charge in [-0.1, -0.05) is 121 Å². The summed E-state index contributed by atoms with van der Waals surface area (Å²) in [4.78, 5) is 0. The van der Waals surface area contributed by atoms with Crippen LogP contribution in [0, 0.1) is 5.92 Å². The highest BCUT2D eigenvalue weighted by Gasteiger charge is 2.21. The Labute approximate surface area is 210 Å². The van der Waals surface area contributed by atoms with Crippen LogP contribution in [0.25, 0.3) is 11.1 Å². The van der Waals surface area contributed by atoms with Crippen molar-refractivity contribution in [2.75, 3.05) is 6.61 Å². The summed E-state index contributed by atoms with van der Waals surface area (Å²) in [6.07, 6.45) is 22.0. The molecule has 0 radical (unpaired) electrons. The standard InChI is InChI=1S/C33H50O/c1-3-5-7-8-9-10-11-12-13-27-34-33-25-23-32(24-26-33)31-21-19-30(20-22-31)29-17-15-28(16-18-29)14-6-4-2/h19-26,28-29H,3-18,27H2,1-2H3. The second-order valence-corrected chi connectivity index (χ2v) is 10.7. The van der Waals surface area contributed by atoms with Gasteiger partial charge in [0, 0.05) is 0 Å².